The van der Waals surface area contributed by atoms with Gasteiger partial charge in [0, 0.05) is 10.9 Å². The molecule has 5 heterocycles. The lowest BCUT2D eigenvalue weighted by Gasteiger charge is -1.93. The van der Waals surface area contributed by atoms with Gasteiger partial charge in [-0.05, 0) is 73.8 Å². The summed E-state index contributed by atoms with van der Waals surface area (Å²) in [6.07, 6.45) is 19.6. The van der Waals surface area contributed by atoms with E-state index < -0.39 is 0 Å². The Morgan fingerprint density at radius 1 is 0.741 bits per heavy atom. The number of allylic oxidation sites excluding steroid dienone is 8. The van der Waals surface area contributed by atoms with E-state index in [1.165, 1.54) is 0 Å². The summed E-state index contributed by atoms with van der Waals surface area (Å²) >= 11 is 0. The van der Waals surface area contributed by atoms with Crippen LogP contribution in [0, 0.1) is 0 Å². The summed E-state index contributed by atoms with van der Waals surface area (Å²) < 4.78 is 0. The Bertz CT molecular complexity index is 1260. The molecule has 0 radical (unpaired) electrons. The van der Waals surface area contributed by atoms with Crippen LogP contribution < -0.4 is 10.6 Å². The van der Waals surface area contributed by atoms with Gasteiger partial charge in [0.05, 0.1) is 45.3 Å². The molecular formula is C22H16N4O. The van der Waals surface area contributed by atoms with Gasteiger partial charge in [-0.2, -0.15) is 0 Å². The van der Waals surface area contributed by atoms with E-state index in [4.69, 9.17) is 0 Å². The van der Waals surface area contributed by atoms with Crippen molar-refractivity contribution in [3.05, 3.63) is 88.0 Å². The van der Waals surface area contributed by atoms with E-state index in [9.17, 15) is 5.11 Å². The number of nitrogens with zero attached hydrogens (tertiary/aromatic N) is 3. The number of aromatic amines is 1. The fourth-order valence-electron chi connectivity index (χ4n) is 3.26. The molecule has 1 aromatic heterocycles. The van der Waals surface area contributed by atoms with Crippen LogP contribution in [0.2, 0.25) is 0 Å². The Kier molecular flexibility index (Phi) is 3.40. The van der Waals surface area contributed by atoms with E-state index in [1.54, 1.807) is 6.92 Å². The van der Waals surface area contributed by atoms with Crippen molar-refractivity contribution in [1.82, 2.24) is 4.98 Å². The van der Waals surface area contributed by atoms with Crippen LogP contribution >= 0.6 is 0 Å². The molecule has 0 aliphatic carbocycles. The molecule has 0 atom stereocenters. The molecule has 2 N–H and O–H groups in total. The minimum absolute atomic E-state index is 0.256. The highest BCUT2D eigenvalue weighted by Gasteiger charge is 2.10. The molecule has 0 unspecified atom stereocenters. The molecule has 130 valence electrons. The number of hydrogen-bond acceptors (Lipinski definition) is 4. The van der Waals surface area contributed by atoms with Crippen molar-refractivity contribution in [2.45, 2.75) is 6.92 Å². The maximum atomic E-state index is 10.1. The lowest BCUT2D eigenvalue weighted by atomic mass is 10.2. The molecular weight excluding hydrogens is 336 g/mol. The molecule has 5 rings (SSSR count). The summed E-state index contributed by atoms with van der Waals surface area (Å²) in [5, 5.41) is 11.6. The number of rotatable bonds is 0. The van der Waals surface area contributed by atoms with Gasteiger partial charge >= 0.3 is 0 Å². The summed E-state index contributed by atoms with van der Waals surface area (Å²) in [5.41, 5.74) is 5.96. The Hall–Kier alpha value is -3.73. The van der Waals surface area contributed by atoms with Crippen molar-refractivity contribution in [2.75, 3.05) is 0 Å². The third-order valence-corrected chi connectivity index (χ3v) is 4.50. The molecule has 0 amide bonds. The maximum absolute atomic E-state index is 10.1. The van der Waals surface area contributed by atoms with Gasteiger partial charge in [0.25, 0.3) is 0 Å². The topological polar surface area (TPSA) is 73.1 Å². The quantitative estimate of drug-likeness (QED) is 0.740. The normalized spacial score (nSPS) is 20.5. The summed E-state index contributed by atoms with van der Waals surface area (Å²) in [6, 6.07) is 1.91. The van der Waals surface area contributed by atoms with Gasteiger partial charge in [0.15, 0.2) is 0 Å². The largest absolute Gasteiger partial charge is 0.512 e. The number of nitrogens with one attached hydrogen (secondary N) is 1. The number of fused-ring (bicyclic) bond motifs is 5. The van der Waals surface area contributed by atoms with Crippen molar-refractivity contribution in [1.29, 1.82) is 0 Å². The molecule has 1 aromatic rings. The summed E-state index contributed by atoms with van der Waals surface area (Å²) in [4.78, 5) is 17.2. The molecule has 0 saturated heterocycles. The second-order valence-electron chi connectivity index (χ2n) is 6.60. The third kappa shape index (κ3) is 3.00. The van der Waals surface area contributed by atoms with E-state index in [2.05, 4.69) is 20.0 Å². The van der Waals surface area contributed by atoms with Crippen LogP contribution in [-0.4, -0.2) is 27.2 Å². The summed E-state index contributed by atoms with van der Waals surface area (Å²) in [7, 11) is 0. The van der Waals surface area contributed by atoms with Crippen LogP contribution in [0.15, 0.2) is 86.7 Å². The summed E-state index contributed by atoms with van der Waals surface area (Å²) in [6.45, 7) is 1.68. The van der Waals surface area contributed by atoms with E-state index in [0.29, 0.717) is 0 Å². The predicted molar refractivity (Wildman–Crippen MR) is 110 cm³/mol. The SMILES string of the molecule is CC(O)=c1cc2[nH]c1=CC1=NC(=CC3=NC(=CC4=NC(=C2)C=C4)C=C3)C=C1. The van der Waals surface area contributed by atoms with E-state index >= 15 is 0 Å². The Morgan fingerprint density at radius 2 is 1.26 bits per heavy atom. The molecule has 5 heteroatoms. The van der Waals surface area contributed by atoms with Gasteiger partial charge < -0.3 is 10.1 Å². The van der Waals surface area contributed by atoms with E-state index in [1.807, 2.05) is 66.8 Å². The van der Waals surface area contributed by atoms with E-state index in [0.717, 1.165) is 50.5 Å². The Morgan fingerprint density at radius 3 is 1.81 bits per heavy atom. The van der Waals surface area contributed by atoms with Crippen molar-refractivity contribution < 1.29 is 5.11 Å². The predicted octanol–water partition coefficient (Wildman–Crippen LogP) is 2.64. The van der Waals surface area contributed by atoms with Gasteiger partial charge in [-0.15, -0.1) is 0 Å². The van der Waals surface area contributed by atoms with Gasteiger partial charge in [-0.1, -0.05) is 0 Å². The second kappa shape index (κ2) is 5.92. The zero-order valence-corrected chi connectivity index (χ0v) is 14.6. The molecule has 4 aliphatic rings. The highest BCUT2D eigenvalue weighted by molar-refractivity contribution is 6.20. The molecule has 4 aliphatic heterocycles. The van der Waals surface area contributed by atoms with Crippen LogP contribution in [0.25, 0.3) is 17.9 Å². The highest BCUT2D eigenvalue weighted by atomic mass is 16.3. The molecule has 27 heavy (non-hydrogen) atoms. The van der Waals surface area contributed by atoms with Gasteiger partial charge in [-0.3, -0.25) is 0 Å². The fourth-order valence-corrected chi connectivity index (χ4v) is 3.26. The monoisotopic (exact) mass is 352 g/mol. The second-order valence-corrected chi connectivity index (χ2v) is 6.60. The van der Waals surface area contributed by atoms with Crippen LogP contribution in [0.4, 0.5) is 0 Å². The van der Waals surface area contributed by atoms with Crippen LogP contribution in [0.3, 0.4) is 0 Å². The van der Waals surface area contributed by atoms with Crippen LogP contribution in [-0.2, 0) is 0 Å². The molecule has 0 fully saturated rings. The molecule has 0 saturated carbocycles. The lowest BCUT2D eigenvalue weighted by molar-refractivity contribution is 0.498. The van der Waals surface area contributed by atoms with Gasteiger partial charge in [-0.25, -0.2) is 15.0 Å². The van der Waals surface area contributed by atoms with Gasteiger partial charge in [0.2, 0.25) is 0 Å². The first-order valence-corrected chi connectivity index (χ1v) is 8.68. The average molecular weight is 352 g/mol. The number of aliphatic hydroxyl groups is 1. The minimum atomic E-state index is 0.256. The lowest BCUT2D eigenvalue weighted by Crippen LogP contribution is -2.25. The average Bonchev–Trinajstić information content (AvgIpc) is 3.38. The zero-order chi connectivity index (χ0) is 18.4. The molecule has 8 bridgehead atoms. The van der Waals surface area contributed by atoms with Crippen molar-refractivity contribution in [2.24, 2.45) is 15.0 Å². The number of aliphatic imine (C=N–C) groups is 3. The summed E-state index contributed by atoms with van der Waals surface area (Å²) in [5.74, 6) is 0.256. The minimum Gasteiger partial charge on any atom is -0.512 e. The Labute approximate surface area is 155 Å². The first-order chi connectivity index (χ1) is 13.1. The Balaban J connectivity index is 1.75. The smallest absolute Gasteiger partial charge is 0.0985 e. The van der Waals surface area contributed by atoms with E-state index in [-0.39, 0.29) is 5.76 Å². The number of hydrogen-bond donors (Lipinski definition) is 2. The molecule has 5 nitrogen and oxygen atoms in total. The molecule has 0 aromatic carbocycles. The van der Waals surface area contributed by atoms with Crippen molar-refractivity contribution in [3.63, 3.8) is 0 Å². The zero-order valence-electron chi connectivity index (χ0n) is 14.6. The van der Waals surface area contributed by atoms with Crippen LogP contribution in [0.5, 0.6) is 0 Å². The maximum Gasteiger partial charge on any atom is 0.0985 e. The molecule has 0 spiro atoms. The number of aliphatic hydroxyl groups excluding tert-OH is 1. The number of aromatic nitrogens is 1. The highest BCUT2D eigenvalue weighted by Crippen LogP contribution is 2.18. The first-order valence-electron chi connectivity index (χ1n) is 8.68. The number of H-pyrrole nitrogens is 1. The first kappa shape index (κ1) is 15.5. The fraction of sp³-hybridized carbons (Fsp3) is 0.0455. The van der Waals surface area contributed by atoms with Crippen molar-refractivity contribution in [3.8, 4) is 0 Å². The third-order valence-electron chi connectivity index (χ3n) is 4.50. The van der Waals surface area contributed by atoms with Gasteiger partial charge in [0.1, 0.15) is 0 Å². The van der Waals surface area contributed by atoms with Crippen LogP contribution in [0.1, 0.15) is 12.6 Å². The standard InChI is InChI=1S/C22H16N4O/c1-13(27)21-11-20-10-18-5-4-16(24-18)8-14-2-3-15(23-14)9-17-6-7-19(25-17)12-22(21)26-20/h2-12,26-27H,1H3. The van der Waals surface area contributed by atoms with Crippen molar-refractivity contribution >= 4 is 35.0 Å².